The molecular formula is C17H20N4O2. The van der Waals surface area contributed by atoms with E-state index in [1.807, 2.05) is 26.0 Å². The molecule has 3 rings (SSSR count). The number of nitrogens with zero attached hydrogens (tertiary/aromatic N) is 3. The second-order valence-electron chi connectivity index (χ2n) is 6.58. The Balaban J connectivity index is 1.79. The topological polar surface area (TPSA) is 75.2 Å². The van der Waals surface area contributed by atoms with Crippen LogP contribution in [0, 0.1) is 18.3 Å². The maximum absolute atomic E-state index is 12.3. The van der Waals surface area contributed by atoms with Crippen molar-refractivity contribution in [1.82, 2.24) is 20.2 Å². The summed E-state index contributed by atoms with van der Waals surface area (Å²) < 4.78 is 0. The van der Waals surface area contributed by atoms with Crippen molar-refractivity contribution in [2.75, 3.05) is 7.05 Å². The highest BCUT2D eigenvalue weighted by Gasteiger charge is 2.49. The molecule has 1 saturated heterocycles. The highest BCUT2D eigenvalue weighted by molar-refractivity contribution is 5.95. The summed E-state index contributed by atoms with van der Waals surface area (Å²) in [5.74, 6) is 0.638. The van der Waals surface area contributed by atoms with Crippen molar-refractivity contribution in [1.29, 1.82) is 0 Å². The molecule has 1 aromatic heterocycles. The first kappa shape index (κ1) is 15.4. The van der Waals surface area contributed by atoms with Gasteiger partial charge < -0.3 is 10.2 Å². The molecule has 2 heterocycles. The third kappa shape index (κ3) is 2.54. The SMILES string of the molecule is Cc1ncc(C(=O)NC2=CCC3C(=C2)N(C)C(=O)C3(C)C)cn1. The van der Waals surface area contributed by atoms with Crippen LogP contribution in [-0.4, -0.2) is 33.7 Å². The van der Waals surface area contributed by atoms with E-state index in [2.05, 4.69) is 15.3 Å². The monoisotopic (exact) mass is 312 g/mol. The normalized spacial score (nSPS) is 22.3. The van der Waals surface area contributed by atoms with E-state index in [1.165, 1.54) is 12.4 Å². The van der Waals surface area contributed by atoms with Gasteiger partial charge in [-0.15, -0.1) is 0 Å². The Hall–Kier alpha value is -2.50. The lowest BCUT2D eigenvalue weighted by molar-refractivity contribution is -0.133. The molecule has 23 heavy (non-hydrogen) atoms. The lowest BCUT2D eigenvalue weighted by atomic mass is 9.76. The van der Waals surface area contributed by atoms with Crippen LogP contribution in [0.3, 0.4) is 0 Å². The molecule has 1 N–H and O–H groups in total. The predicted molar refractivity (Wildman–Crippen MR) is 85.1 cm³/mol. The average molecular weight is 312 g/mol. The predicted octanol–water partition coefficient (Wildman–Crippen LogP) is 1.80. The van der Waals surface area contributed by atoms with Crippen molar-refractivity contribution in [3.05, 3.63) is 47.3 Å². The van der Waals surface area contributed by atoms with Crippen LogP contribution < -0.4 is 5.32 Å². The minimum Gasteiger partial charge on any atom is -0.322 e. The minimum absolute atomic E-state index is 0.113. The molecule has 120 valence electrons. The smallest absolute Gasteiger partial charge is 0.258 e. The summed E-state index contributed by atoms with van der Waals surface area (Å²) in [6, 6.07) is 0. The molecule has 6 nitrogen and oxygen atoms in total. The van der Waals surface area contributed by atoms with Crippen molar-refractivity contribution < 1.29 is 9.59 Å². The fourth-order valence-electron chi connectivity index (χ4n) is 3.18. The number of nitrogens with one attached hydrogen (secondary N) is 1. The van der Waals surface area contributed by atoms with Gasteiger partial charge in [0.2, 0.25) is 5.91 Å². The molecule has 2 aliphatic rings. The van der Waals surface area contributed by atoms with Gasteiger partial charge in [-0.3, -0.25) is 9.59 Å². The summed E-state index contributed by atoms with van der Waals surface area (Å²) in [4.78, 5) is 34.3. The molecule has 1 aliphatic heterocycles. The molecule has 6 heteroatoms. The van der Waals surface area contributed by atoms with Gasteiger partial charge in [0, 0.05) is 36.8 Å². The van der Waals surface area contributed by atoms with Crippen molar-refractivity contribution in [2.45, 2.75) is 27.2 Å². The van der Waals surface area contributed by atoms with Gasteiger partial charge in [0.05, 0.1) is 11.0 Å². The Kier molecular flexibility index (Phi) is 3.55. The Bertz CT molecular complexity index is 731. The van der Waals surface area contributed by atoms with Crippen LogP contribution in [-0.2, 0) is 4.79 Å². The molecule has 0 bridgehead atoms. The van der Waals surface area contributed by atoms with Crippen LogP contribution >= 0.6 is 0 Å². The first-order chi connectivity index (χ1) is 10.8. The zero-order chi connectivity index (χ0) is 16.8. The van der Waals surface area contributed by atoms with Gasteiger partial charge in [0.1, 0.15) is 5.82 Å². The van der Waals surface area contributed by atoms with Gasteiger partial charge in [0.15, 0.2) is 0 Å². The maximum Gasteiger partial charge on any atom is 0.258 e. The van der Waals surface area contributed by atoms with Crippen LogP contribution in [0.15, 0.2) is 35.9 Å². The number of fused-ring (bicyclic) bond motifs is 1. The summed E-state index contributed by atoms with van der Waals surface area (Å²) in [6.07, 6.45) is 7.59. The molecular weight excluding hydrogens is 292 g/mol. The number of hydrogen-bond acceptors (Lipinski definition) is 4. The number of carbonyl (C=O) groups is 2. The Morgan fingerprint density at radius 1 is 1.35 bits per heavy atom. The number of rotatable bonds is 2. The van der Waals surface area contributed by atoms with Crippen LogP contribution in [0.25, 0.3) is 0 Å². The zero-order valence-electron chi connectivity index (χ0n) is 13.8. The zero-order valence-corrected chi connectivity index (χ0v) is 13.8. The fraction of sp³-hybridized carbons (Fsp3) is 0.412. The summed E-state index contributed by atoms with van der Waals surface area (Å²) in [5.41, 5.74) is 1.67. The number of likely N-dealkylation sites (tertiary alicyclic amines) is 1. The Morgan fingerprint density at radius 3 is 2.65 bits per heavy atom. The van der Waals surface area contributed by atoms with E-state index >= 15 is 0 Å². The summed E-state index contributed by atoms with van der Waals surface area (Å²) >= 11 is 0. The maximum atomic E-state index is 12.3. The molecule has 1 atom stereocenters. The first-order valence-corrected chi connectivity index (χ1v) is 7.60. The number of amides is 2. The van der Waals surface area contributed by atoms with Crippen molar-refractivity contribution >= 4 is 11.8 Å². The molecule has 1 fully saturated rings. The molecule has 0 saturated carbocycles. The number of aromatic nitrogens is 2. The highest BCUT2D eigenvalue weighted by atomic mass is 16.2. The van der Waals surface area contributed by atoms with Crippen LogP contribution in [0.2, 0.25) is 0 Å². The molecule has 2 amide bonds. The van der Waals surface area contributed by atoms with Gasteiger partial charge in [0.25, 0.3) is 5.91 Å². The number of carbonyl (C=O) groups excluding carboxylic acids is 2. The Labute approximate surface area is 135 Å². The molecule has 1 aliphatic carbocycles. The van der Waals surface area contributed by atoms with Crippen molar-refractivity contribution in [3.8, 4) is 0 Å². The third-order valence-electron chi connectivity index (χ3n) is 4.65. The summed E-state index contributed by atoms with van der Waals surface area (Å²) in [6.45, 7) is 5.71. The lowest BCUT2D eigenvalue weighted by Crippen LogP contribution is -2.29. The highest BCUT2D eigenvalue weighted by Crippen LogP contribution is 2.46. The van der Waals surface area contributed by atoms with E-state index in [9.17, 15) is 9.59 Å². The van der Waals surface area contributed by atoms with Gasteiger partial charge in [-0.2, -0.15) is 0 Å². The summed E-state index contributed by atoms with van der Waals surface area (Å²) in [7, 11) is 1.79. The van der Waals surface area contributed by atoms with Gasteiger partial charge in [-0.1, -0.05) is 19.9 Å². The molecule has 1 aromatic rings. The summed E-state index contributed by atoms with van der Waals surface area (Å²) in [5, 5.41) is 2.86. The van der Waals surface area contributed by atoms with Gasteiger partial charge >= 0.3 is 0 Å². The largest absolute Gasteiger partial charge is 0.322 e. The molecule has 0 radical (unpaired) electrons. The van der Waals surface area contributed by atoms with E-state index in [1.54, 1.807) is 18.9 Å². The van der Waals surface area contributed by atoms with E-state index < -0.39 is 5.41 Å². The average Bonchev–Trinajstić information content (AvgIpc) is 2.69. The van der Waals surface area contributed by atoms with Gasteiger partial charge in [-0.25, -0.2) is 9.97 Å². The number of hydrogen-bond donors (Lipinski definition) is 1. The van der Waals surface area contributed by atoms with Crippen LogP contribution in [0.4, 0.5) is 0 Å². The fourth-order valence-corrected chi connectivity index (χ4v) is 3.18. The number of aryl methyl sites for hydroxylation is 1. The van der Waals surface area contributed by atoms with Crippen LogP contribution in [0.1, 0.15) is 36.5 Å². The first-order valence-electron chi connectivity index (χ1n) is 7.60. The second kappa shape index (κ2) is 5.30. The lowest BCUT2D eigenvalue weighted by Gasteiger charge is -2.25. The minimum atomic E-state index is -0.405. The van der Waals surface area contributed by atoms with Crippen molar-refractivity contribution in [3.63, 3.8) is 0 Å². The van der Waals surface area contributed by atoms with E-state index in [-0.39, 0.29) is 17.7 Å². The van der Waals surface area contributed by atoms with E-state index in [0.717, 1.165) is 12.1 Å². The Morgan fingerprint density at radius 2 is 2.00 bits per heavy atom. The molecule has 0 spiro atoms. The molecule has 1 unspecified atom stereocenters. The van der Waals surface area contributed by atoms with Crippen molar-refractivity contribution in [2.24, 2.45) is 11.3 Å². The van der Waals surface area contributed by atoms with Gasteiger partial charge in [-0.05, 0) is 19.4 Å². The van der Waals surface area contributed by atoms with E-state index in [0.29, 0.717) is 17.1 Å². The quantitative estimate of drug-likeness (QED) is 0.903. The standard InChI is InChI=1S/C17H20N4O2/c1-10-18-8-11(9-19-10)15(22)20-12-5-6-13-14(7-12)21(4)16(23)17(13,2)3/h5,7-9,13H,6H2,1-4H3,(H,20,22). The molecule has 0 aromatic carbocycles. The third-order valence-corrected chi connectivity index (χ3v) is 4.65. The van der Waals surface area contributed by atoms with E-state index in [4.69, 9.17) is 0 Å². The van der Waals surface area contributed by atoms with Crippen LogP contribution in [0.5, 0.6) is 0 Å². The second-order valence-corrected chi connectivity index (χ2v) is 6.58. The number of allylic oxidation sites excluding steroid dienone is 3.